The zero-order valence-electron chi connectivity index (χ0n) is 7.95. The van der Waals surface area contributed by atoms with Gasteiger partial charge in [0.05, 0.1) is 0 Å². The summed E-state index contributed by atoms with van der Waals surface area (Å²) in [6.45, 7) is 0. The van der Waals surface area contributed by atoms with Gasteiger partial charge in [-0.05, 0) is 20.4 Å². The highest BCUT2D eigenvalue weighted by Gasteiger charge is 2.40. The first kappa shape index (κ1) is 13.0. The van der Waals surface area contributed by atoms with E-state index in [1.807, 2.05) is 4.52 Å². The van der Waals surface area contributed by atoms with Crippen LogP contribution in [-0.2, 0) is 10.3 Å². The standard InChI is InChI=1S/C6H5F4N3OP2S/c7-15(8)11-16(9,10)13-17(14,12-15)6-4-2-1-3-5-6/h1-5H. The van der Waals surface area contributed by atoms with Gasteiger partial charge in [0.25, 0.3) is 0 Å². The van der Waals surface area contributed by atoms with Crippen LogP contribution in [-0.4, -0.2) is 4.55 Å². The highest BCUT2D eigenvalue weighted by atomic mass is 32.3. The lowest BCUT2D eigenvalue weighted by molar-refractivity contribution is 0.583. The molecule has 1 aliphatic heterocycles. The number of hydrogen-bond acceptors (Lipinski definition) is 4. The van der Waals surface area contributed by atoms with E-state index in [0.29, 0.717) is 0 Å². The molecule has 0 fully saturated rings. The normalized spacial score (nSPS) is 29.7. The largest absolute Gasteiger partial charge is 0.603 e. The van der Waals surface area contributed by atoms with E-state index in [2.05, 4.69) is 8.28 Å². The lowest BCUT2D eigenvalue weighted by Crippen LogP contribution is -2.07. The fourth-order valence-electron chi connectivity index (χ4n) is 1.14. The van der Waals surface area contributed by atoms with Gasteiger partial charge in [-0.1, -0.05) is 18.2 Å². The van der Waals surface area contributed by atoms with Crippen molar-refractivity contribution in [3.63, 3.8) is 0 Å². The molecule has 1 aliphatic rings. The maximum atomic E-state index is 13.0. The van der Waals surface area contributed by atoms with Crippen molar-refractivity contribution in [1.82, 2.24) is 0 Å². The second kappa shape index (κ2) is 4.02. The molecule has 94 valence electrons. The molecule has 0 amide bonds. The van der Waals surface area contributed by atoms with Gasteiger partial charge in [-0.2, -0.15) is 0 Å². The van der Waals surface area contributed by atoms with Gasteiger partial charge in [0.2, 0.25) is 0 Å². The SMILES string of the molecule is [O-][S+]1(c2ccccc2)=NP(F)(F)=NP(F)(F)=N1. The zero-order chi connectivity index (χ0) is 12.7. The Morgan fingerprint density at radius 1 is 1.00 bits per heavy atom. The van der Waals surface area contributed by atoms with Crippen LogP contribution in [0.15, 0.2) is 48.0 Å². The Labute approximate surface area is 95.8 Å². The van der Waals surface area contributed by atoms with E-state index in [1.54, 1.807) is 0 Å². The van der Waals surface area contributed by atoms with E-state index in [4.69, 9.17) is 0 Å². The minimum atomic E-state index is -5.56. The third-order valence-corrected chi connectivity index (χ3v) is 7.63. The fraction of sp³-hybridized carbons (Fsp3) is 0. The molecule has 2 rings (SSSR count). The van der Waals surface area contributed by atoms with E-state index in [9.17, 15) is 21.3 Å². The number of halogens is 4. The highest BCUT2D eigenvalue weighted by Crippen LogP contribution is 2.73. The Morgan fingerprint density at radius 3 is 2.12 bits per heavy atom. The first-order chi connectivity index (χ1) is 7.73. The summed E-state index contributed by atoms with van der Waals surface area (Å²) in [6.07, 6.45) is 0. The topological polar surface area (TPSA) is 60.1 Å². The average Bonchev–Trinajstić information content (AvgIpc) is 2.13. The molecule has 0 spiro atoms. The molecule has 11 heteroatoms. The van der Waals surface area contributed by atoms with Crippen LogP contribution in [0.25, 0.3) is 0 Å². The highest BCUT2D eigenvalue weighted by molar-refractivity contribution is 8.04. The van der Waals surface area contributed by atoms with Crippen LogP contribution in [0.3, 0.4) is 0 Å². The summed E-state index contributed by atoms with van der Waals surface area (Å²) < 4.78 is 71.1. The summed E-state index contributed by atoms with van der Waals surface area (Å²) >= 11 is 0. The lowest BCUT2D eigenvalue weighted by Gasteiger charge is -2.19. The molecular weight excluding hydrogens is 300 g/mol. The van der Waals surface area contributed by atoms with Crippen molar-refractivity contribution in [1.29, 1.82) is 0 Å². The van der Waals surface area contributed by atoms with Gasteiger partial charge < -0.3 is 4.55 Å². The molecule has 0 saturated carbocycles. The van der Waals surface area contributed by atoms with Gasteiger partial charge in [-0.3, -0.25) is 0 Å². The van der Waals surface area contributed by atoms with Gasteiger partial charge in [-0.25, -0.2) is 0 Å². The van der Waals surface area contributed by atoms with E-state index in [-0.39, 0.29) is 4.90 Å². The monoisotopic (exact) mass is 305 g/mol. The van der Waals surface area contributed by atoms with Crippen LogP contribution < -0.4 is 0 Å². The van der Waals surface area contributed by atoms with Crippen molar-refractivity contribution in [3.8, 4) is 0 Å². The molecule has 0 aliphatic carbocycles. The maximum Gasteiger partial charge on any atom is 0.461 e. The molecule has 0 saturated heterocycles. The molecule has 4 nitrogen and oxygen atoms in total. The summed E-state index contributed by atoms with van der Waals surface area (Å²) in [6, 6.07) is 6.62. The van der Waals surface area contributed by atoms with Crippen LogP contribution >= 0.6 is 15.7 Å². The summed E-state index contributed by atoms with van der Waals surface area (Å²) in [5.41, 5.74) is 0. The number of hydrogen-bond donors (Lipinski definition) is 0. The fourth-order valence-corrected chi connectivity index (χ4v) is 6.84. The summed E-state index contributed by atoms with van der Waals surface area (Å²) in [4.78, 5) is -0.255. The average molecular weight is 305 g/mol. The van der Waals surface area contributed by atoms with E-state index in [0.717, 1.165) is 0 Å². The third kappa shape index (κ3) is 2.85. The molecule has 0 bridgehead atoms. The molecule has 0 radical (unpaired) electrons. The molecule has 1 heterocycles. The first-order valence-electron chi connectivity index (χ1n) is 4.12. The predicted molar refractivity (Wildman–Crippen MR) is 58.4 cm³/mol. The molecule has 1 atom stereocenters. The van der Waals surface area contributed by atoms with Gasteiger partial charge in [0.1, 0.15) is 10.3 Å². The van der Waals surface area contributed by atoms with Crippen molar-refractivity contribution < 1.29 is 21.3 Å². The minimum Gasteiger partial charge on any atom is -0.603 e. The molecule has 0 N–H and O–H groups in total. The van der Waals surface area contributed by atoms with E-state index < -0.39 is 25.9 Å². The zero-order valence-corrected chi connectivity index (χ0v) is 10.6. The summed E-state index contributed by atoms with van der Waals surface area (Å²) in [7, 11) is -15.3. The maximum absolute atomic E-state index is 13.0. The lowest BCUT2D eigenvalue weighted by atomic mass is 10.4. The Kier molecular flexibility index (Phi) is 3.06. The van der Waals surface area contributed by atoms with Crippen LogP contribution in [0.2, 0.25) is 0 Å². The molecule has 0 aromatic heterocycles. The minimum absolute atomic E-state index is 0.255. The van der Waals surface area contributed by atoms with Gasteiger partial charge in [-0.15, -0.1) is 21.3 Å². The van der Waals surface area contributed by atoms with E-state index in [1.165, 1.54) is 30.3 Å². The van der Waals surface area contributed by atoms with Crippen LogP contribution in [0.4, 0.5) is 16.8 Å². The van der Waals surface area contributed by atoms with E-state index >= 15 is 0 Å². The van der Waals surface area contributed by atoms with Gasteiger partial charge in [0.15, 0.2) is 4.90 Å². The molecule has 1 aromatic rings. The van der Waals surface area contributed by atoms with Crippen LogP contribution in [0, 0.1) is 0 Å². The molecule has 1 aromatic carbocycles. The van der Waals surface area contributed by atoms with Crippen molar-refractivity contribution in [3.05, 3.63) is 30.3 Å². The Hall–Kier alpha value is -0.490. The van der Waals surface area contributed by atoms with Gasteiger partial charge in [0, 0.05) is 0 Å². The third-order valence-electron chi connectivity index (χ3n) is 1.68. The van der Waals surface area contributed by atoms with Crippen molar-refractivity contribution >= 4 is 25.9 Å². The first-order valence-corrected chi connectivity index (χ1v) is 8.55. The van der Waals surface area contributed by atoms with Crippen LogP contribution in [0.1, 0.15) is 0 Å². The number of rotatable bonds is 1. The summed E-state index contributed by atoms with van der Waals surface area (Å²) in [5, 5.41) is 0. The molecule has 1 unspecified atom stereocenters. The Bertz CT molecular complexity index is 599. The smallest absolute Gasteiger partial charge is 0.461 e. The summed E-state index contributed by atoms with van der Waals surface area (Å²) in [5.74, 6) is 0. The number of nitrogens with zero attached hydrogens (tertiary/aromatic N) is 3. The Morgan fingerprint density at radius 2 is 1.59 bits per heavy atom. The predicted octanol–water partition coefficient (Wildman–Crippen LogP) is 5.21. The second-order valence-corrected chi connectivity index (χ2v) is 8.28. The van der Waals surface area contributed by atoms with Crippen molar-refractivity contribution in [2.45, 2.75) is 4.90 Å². The quantitative estimate of drug-likeness (QED) is 0.399. The van der Waals surface area contributed by atoms with Crippen LogP contribution in [0.5, 0.6) is 0 Å². The van der Waals surface area contributed by atoms with Gasteiger partial charge >= 0.3 is 15.7 Å². The van der Waals surface area contributed by atoms with Crippen molar-refractivity contribution in [2.75, 3.05) is 0 Å². The second-order valence-electron chi connectivity index (χ2n) is 2.97. The van der Waals surface area contributed by atoms with Crippen molar-refractivity contribution in [2.24, 2.45) is 12.8 Å². The molecule has 17 heavy (non-hydrogen) atoms. The number of benzene rings is 1. The Balaban J connectivity index is 2.73. The molecular formula is C6H5F4N3OP2S.